The second kappa shape index (κ2) is 10.9. The monoisotopic (exact) mass is 483 g/mol. The Morgan fingerprint density at radius 2 is 1.65 bits per heavy atom. The van der Waals surface area contributed by atoms with Crippen molar-refractivity contribution >= 4 is 17.7 Å². The maximum absolute atomic E-state index is 12.6. The van der Waals surface area contributed by atoms with Crippen LogP contribution in [0.4, 0.5) is 0 Å². The fourth-order valence-electron chi connectivity index (χ4n) is 3.47. The van der Waals surface area contributed by atoms with E-state index in [9.17, 15) is 4.79 Å². The van der Waals surface area contributed by atoms with E-state index in [-0.39, 0.29) is 23.6 Å². The van der Waals surface area contributed by atoms with Crippen LogP contribution in [-0.2, 0) is 17.7 Å². The summed E-state index contributed by atoms with van der Waals surface area (Å²) in [6, 6.07) is 13.8. The number of methoxy groups -OCH3 is 3. The zero-order chi connectivity index (χ0) is 24.9. The van der Waals surface area contributed by atoms with Crippen LogP contribution < -0.4 is 19.5 Å². The number of hydrogen-bond donors (Lipinski definition) is 1. The third-order valence-corrected chi connectivity index (χ3v) is 6.53. The van der Waals surface area contributed by atoms with Crippen LogP contribution in [0.25, 0.3) is 0 Å². The maximum atomic E-state index is 12.6. The first-order chi connectivity index (χ1) is 16.2. The van der Waals surface area contributed by atoms with Gasteiger partial charge in [-0.05, 0) is 58.9 Å². The smallest absolute Gasteiger partial charge is 0.287 e. The second-order valence-electron chi connectivity index (χ2n) is 9.01. The molecule has 0 spiro atoms. The minimum Gasteiger partial charge on any atom is -0.493 e. The summed E-state index contributed by atoms with van der Waals surface area (Å²) in [5.74, 6) is 2.34. The van der Waals surface area contributed by atoms with Crippen LogP contribution in [0.1, 0.15) is 53.6 Å². The van der Waals surface area contributed by atoms with Crippen molar-refractivity contribution < 1.29 is 23.4 Å². The van der Waals surface area contributed by atoms with Gasteiger partial charge in [0.1, 0.15) is 0 Å². The van der Waals surface area contributed by atoms with Crippen molar-refractivity contribution in [3.05, 3.63) is 70.5 Å². The van der Waals surface area contributed by atoms with Crippen LogP contribution in [0.5, 0.6) is 17.2 Å². The van der Waals surface area contributed by atoms with Gasteiger partial charge in [-0.1, -0.05) is 50.7 Å². The lowest BCUT2D eigenvalue weighted by molar-refractivity contribution is 0.0918. The summed E-state index contributed by atoms with van der Waals surface area (Å²) in [5, 5.41) is 3.59. The van der Waals surface area contributed by atoms with Gasteiger partial charge in [0.05, 0.1) is 21.3 Å². The van der Waals surface area contributed by atoms with Crippen molar-refractivity contribution in [3.63, 3.8) is 0 Å². The van der Waals surface area contributed by atoms with Crippen molar-refractivity contribution in [1.82, 2.24) is 5.32 Å². The van der Waals surface area contributed by atoms with Gasteiger partial charge >= 0.3 is 0 Å². The van der Waals surface area contributed by atoms with E-state index >= 15 is 0 Å². The molecule has 3 aromatic rings. The number of hydrogen-bond acceptors (Lipinski definition) is 6. The van der Waals surface area contributed by atoms with Crippen molar-refractivity contribution in [2.75, 3.05) is 21.3 Å². The standard InChI is InChI=1S/C27H33NO5S/c1-17-8-9-20(27(2,3)4)14-19(17)16-34-24-11-10-21(33-24)26(29)28-15-18-12-22(30-5)25(32-7)23(13-18)31-6/h8-14H,15-16H2,1-7H3,(H,28,29). The molecular formula is C27H33NO5S. The molecule has 0 saturated heterocycles. The Hall–Kier alpha value is -3.06. The van der Waals surface area contributed by atoms with Gasteiger partial charge in [0.25, 0.3) is 5.91 Å². The lowest BCUT2D eigenvalue weighted by Crippen LogP contribution is -2.22. The molecule has 1 amide bonds. The molecule has 0 atom stereocenters. The van der Waals surface area contributed by atoms with E-state index in [1.165, 1.54) is 16.7 Å². The summed E-state index contributed by atoms with van der Waals surface area (Å²) in [6.07, 6.45) is 0. The third-order valence-electron chi connectivity index (χ3n) is 5.57. The van der Waals surface area contributed by atoms with Gasteiger partial charge in [0.15, 0.2) is 22.4 Å². The van der Waals surface area contributed by atoms with Crippen LogP contribution in [0.3, 0.4) is 0 Å². The number of amides is 1. The van der Waals surface area contributed by atoms with Crippen LogP contribution in [-0.4, -0.2) is 27.2 Å². The second-order valence-corrected chi connectivity index (χ2v) is 9.99. The first kappa shape index (κ1) is 25.6. The number of benzene rings is 2. The number of rotatable bonds is 9. The van der Waals surface area contributed by atoms with Crippen LogP contribution >= 0.6 is 11.8 Å². The Morgan fingerprint density at radius 3 is 2.24 bits per heavy atom. The zero-order valence-electron chi connectivity index (χ0n) is 20.9. The summed E-state index contributed by atoms with van der Waals surface area (Å²) in [7, 11) is 4.67. The average Bonchev–Trinajstić information content (AvgIpc) is 3.29. The highest BCUT2D eigenvalue weighted by atomic mass is 32.2. The lowest BCUT2D eigenvalue weighted by Gasteiger charge is -2.20. The predicted molar refractivity (Wildman–Crippen MR) is 135 cm³/mol. The van der Waals surface area contributed by atoms with Crippen molar-refractivity contribution in [2.24, 2.45) is 0 Å². The fraction of sp³-hybridized carbons (Fsp3) is 0.370. The number of carbonyl (C=O) groups excluding carboxylic acids is 1. The summed E-state index contributed by atoms with van der Waals surface area (Å²) >= 11 is 1.58. The minimum atomic E-state index is -0.286. The Bertz CT molecular complexity index is 1120. The van der Waals surface area contributed by atoms with E-state index in [1.54, 1.807) is 51.3 Å². The topological polar surface area (TPSA) is 69.9 Å². The van der Waals surface area contributed by atoms with Gasteiger partial charge in [-0.2, -0.15) is 0 Å². The molecule has 3 rings (SSSR count). The molecule has 2 aromatic carbocycles. The number of nitrogens with one attached hydrogen (secondary N) is 1. The molecule has 0 aliphatic carbocycles. The first-order valence-electron chi connectivity index (χ1n) is 11.1. The van der Waals surface area contributed by atoms with E-state index in [2.05, 4.69) is 51.2 Å². The highest BCUT2D eigenvalue weighted by Gasteiger charge is 2.17. The van der Waals surface area contributed by atoms with E-state index in [1.807, 2.05) is 6.07 Å². The lowest BCUT2D eigenvalue weighted by atomic mass is 9.85. The molecule has 0 unspecified atom stereocenters. The molecule has 0 saturated carbocycles. The summed E-state index contributed by atoms with van der Waals surface area (Å²) < 4.78 is 21.9. The molecule has 0 aliphatic heterocycles. The molecular weight excluding hydrogens is 450 g/mol. The van der Waals surface area contributed by atoms with E-state index in [0.717, 1.165) is 11.3 Å². The largest absolute Gasteiger partial charge is 0.493 e. The summed E-state index contributed by atoms with van der Waals surface area (Å²) in [5.41, 5.74) is 4.73. The molecule has 34 heavy (non-hydrogen) atoms. The Balaban J connectivity index is 1.63. The quantitative estimate of drug-likeness (QED) is 0.369. The van der Waals surface area contributed by atoms with Gasteiger partial charge in [-0.25, -0.2) is 0 Å². The van der Waals surface area contributed by atoms with Crippen LogP contribution in [0, 0.1) is 6.92 Å². The molecule has 1 N–H and O–H groups in total. The Kier molecular flexibility index (Phi) is 8.20. The van der Waals surface area contributed by atoms with Gasteiger partial charge in [0.2, 0.25) is 5.75 Å². The molecule has 7 heteroatoms. The van der Waals surface area contributed by atoms with E-state index in [0.29, 0.717) is 22.3 Å². The minimum absolute atomic E-state index is 0.0982. The summed E-state index contributed by atoms with van der Waals surface area (Å²) in [6.45, 7) is 9.04. The highest BCUT2D eigenvalue weighted by Crippen LogP contribution is 2.38. The van der Waals surface area contributed by atoms with Crippen LogP contribution in [0.15, 0.2) is 52.0 Å². The number of ether oxygens (including phenoxy) is 3. The van der Waals surface area contributed by atoms with Crippen molar-refractivity contribution in [2.45, 2.75) is 50.5 Å². The van der Waals surface area contributed by atoms with Gasteiger partial charge < -0.3 is 23.9 Å². The van der Waals surface area contributed by atoms with Crippen molar-refractivity contribution in [1.29, 1.82) is 0 Å². The third kappa shape index (κ3) is 6.08. The normalized spacial score (nSPS) is 11.3. The molecule has 6 nitrogen and oxygen atoms in total. The molecule has 0 radical (unpaired) electrons. The number of aryl methyl sites for hydroxylation is 1. The van der Waals surface area contributed by atoms with E-state index in [4.69, 9.17) is 18.6 Å². The molecule has 0 fully saturated rings. The first-order valence-corrected chi connectivity index (χ1v) is 12.0. The number of carbonyl (C=O) groups is 1. The van der Waals surface area contributed by atoms with Crippen molar-refractivity contribution in [3.8, 4) is 17.2 Å². The molecule has 182 valence electrons. The maximum Gasteiger partial charge on any atom is 0.287 e. The molecule has 1 heterocycles. The molecule has 0 bridgehead atoms. The SMILES string of the molecule is COc1cc(CNC(=O)c2ccc(SCc3cc(C(C)(C)C)ccc3C)o2)cc(OC)c1OC. The average molecular weight is 484 g/mol. The zero-order valence-corrected chi connectivity index (χ0v) is 21.7. The van der Waals surface area contributed by atoms with Crippen LogP contribution in [0.2, 0.25) is 0 Å². The molecule has 0 aliphatic rings. The van der Waals surface area contributed by atoms with Gasteiger partial charge in [-0.15, -0.1) is 0 Å². The molecule has 1 aromatic heterocycles. The highest BCUT2D eigenvalue weighted by molar-refractivity contribution is 7.98. The Morgan fingerprint density at radius 1 is 0.971 bits per heavy atom. The van der Waals surface area contributed by atoms with Gasteiger partial charge in [-0.3, -0.25) is 4.79 Å². The number of furan rings is 1. The van der Waals surface area contributed by atoms with Gasteiger partial charge in [0, 0.05) is 12.3 Å². The fourth-order valence-corrected chi connectivity index (χ4v) is 4.39. The summed E-state index contributed by atoms with van der Waals surface area (Å²) in [4.78, 5) is 12.6. The Labute approximate surface area is 206 Å². The number of thioether (sulfide) groups is 1. The predicted octanol–water partition coefficient (Wildman–Crippen LogP) is 6.13. The van der Waals surface area contributed by atoms with E-state index < -0.39 is 0 Å².